The number of carbonyl (C=O) groups is 1. The molecule has 0 aliphatic carbocycles. The quantitative estimate of drug-likeness (QED) is 0.504. The Hall–Kier alpha value is -3.04. The van der Waals surface area contributed by atoms with Crippen LogP contribution in [0.15, 0.2) is 62.9 Å². The molecule has 2 aromatic heterocycles. The number of benzene rings is 1. The van der Waals surface area contributed by atoms with Gasteiger partial charge in [-0.2, -0.15) is 5.10 Å². The van der Waals surface area contributed by atoms with E-state index < -0.39 is 10.8 Å². The summed E-state index contributed by atoms with van der Waals surface area (Å²) in [6.07, 6.45) is 3.57. The predicted molar refractivity (Wildman–Crippen MR) is 119 cm³/mol. The number of thiophene rings is 1. The van der Waals surface area contributed by atoms with Crippen LogP contribution in [0.25, 0.3) is 0 Å². The van der Waals surface area contributed by atoms with Gasteiger partial charge in [0.05, 0.1) is 48.7 Å². The van der Waals surface area contributed by atoms with Crippen molar-refractivity contribution >= 4 is 34.3 Å². The van der Waals surface area contributed by atoms with Gasteiger partial charge >= 0.3 is 5.97 Å². The Balaban J connectivity index is 1.46. The van der Waals surface area contributed by atoms with Gasteiger partial charge in [0.25, 0.3) is 0 Å². The van der Waals surface area contributed by atoms with Crippen LogP contribution in [0.4, 0.5) is 0 Å². The van der Waals surface area contributed by atoms with Gasteiger partial charge in [-0.15, -0.1) is 11.3 Å². The maximum Gasteiger partial charge on any atom is 0.348 e. The highest BCUT2D eigenvalue weighted by molar-refractivity contribution is 7.85. The minimum atomic E-state index is -1.38. The summed E-state index contributed by atoms with van der Waals surface area (Å²) in [5.74, 6) is 0.192. The van der Waals surface area contributed by atoms with Gasteiger partial charge < -0.3 is 9.47 Å². The van der Waals surface area contributed by atoms with Crippen LogP contribution in [0.2, 0.25) is 0 Å². The largest absolute Gasteiger partial charge is 0.481 e. The zero-order valence-corrected chi connectivity index (χ0v) is 18.7. The first-order valence-corrected chi connectivity index (χ1v) is 11.7. The molecule has 0 amide bonds. The molecule has 1 unspecified atom stereocenters. The van der Waals surface area contributed by atoms with Gasteiger partial charge in [0.1, 0.15) is 4.88 Å². The van der Waals surface area contributed by atoms with Gasteiger partial charge in [0, 0.05) is 28.1 Å². The van der Waals surface area contributed by atoms with Crippen molar-refractivity contribution in [1.29, 1.82) is 0 Å². The van der Waals surface area contributed by atoms with E-state index >= 15 is 0 Å². The Labute approximate surface area is 186 Å². The zero-order valence-electron chi connectivity index (χ0n) is 17.1. The molecule has 0 radical (unpaired) electrons. The lowest BCUT2D eigenvalue weighted by atomic mass is 10.1. The van der Waals surface area contributed by atoms with Crippen LogP contribution in [0.1, 0.15) is 33.3 Å². The number of aromatic nitrogens is 1. The summed E-state index contributed by atoms with van der Waals surface area (Å²) in [5.41, 5.74) is 3.08. The molecule has 7 nitrogen and oxygen atoms in total. The molecule has 1 aliphatic heterocycles. The third kappa shape index (κ3) is 4.83. The molecule has 0 spiro atoms. The number of fused-ring (bicyclic) bond motifs is 1. The summed E-state index contributed by atoms with van der Waals surface area (Å²) in [4.78, 5) is 17.8. The summed E-state index contributed by atoms with van der Waals surface area (Å²) in [7, 11) is 0.209. The van der Waals surface area contributed by atoms with Crippen molar-refractivity contribution in [3.63, 3.8) is 0 Å². The molecule has 31 heavy (non-hydrogen) atoms. The third-order valence-corrected chi connectivity index (χ3v) is 7.09. The average Bonchev–Trinajstić information content (AvgIpc) is 3.29. The number of rotatable bonds is 7. The molecule has 4 rings (SSSR count). The lowest BCUT2D eigenvalue weighted by Gasteiger charge is -2.24. The van der Waals surface area contributed by atoms with E-state index in [-0.39, 0.29) is 5.97 Å². The number of carbonyl (C=O) groups excluding carboxylic acids is 1. The van der Waals surface area contributed by atoms with Crippen molar-refractivity contribution in [2.45, 2.75) is 29.8 Å². The number of hydrazone groups is 1. The number of esters is 1. The predicted octanol–water partition coefficient (Wildman–Crippen LogP) is 3.84. The van der Waals surface area contributed by atoms with E-state index in [1.807, 2.05) is 35.3 Å². The van der Waals surface area contributed by atoms with E-state index in [0.717, 1.165) is 16.7 Å². The highest BCUT2D eigenvalue weighted by Crippen LogP contribution is 2.26. The number of methoxy groups -OCH3 is 1. The highest BCUT2D eigenvalue weighted by Gasteiger charge is 2.18. The molecule has 0 saturated heterocycles. The van der Waals surface area contributed by atoms with Crippen LogP contribution >= 0.6 is 11.3 Å². The summed E-state index contributed by atoms with van der Waals surface area (Å²) in [5, 5.41) is 8.21. The number of hydrogen-bond acceptors (Lipinski definition) is 8. The molecule has 3 heterocycles. The van der Waals surface area contributed by atoms with E-state index in [9.17, 15) is 9.00 Å². The second-order valence-corrected chi connectivity index (χ2v) is 9.16. The molecular formula is C22H21N3O4S2. The Morgan fingerprint density at radius 2 is 2.10 bits per heavy atom. The average molecular weight is 456 g/mol. The lowest BCUT2D eigenvalue weighted by Crippen LogP contribution is -2.21. The second-order valence-electron chi connectivity index (χ2n) is 6.77. The molecule has 0 fully saturated rings. The van der Waals surface area contributed by atoms with Crippen molar-refractivity contribution in [2.75, 3.05) is 13.7 Å². The Kier molecular flexibility index (Phi) is 6.43. The molecule has 160 valence electrons. The Morgan fingerprint density at radius 3 is 2.84 bits per heavy atom. The summed E-state index contributed by atoms with van der Waals surface area (Å²) in [6, 6.07) is 11.2. The Bertz CT molecular complexity index is 1140. The second kappa shape index (κ2) is 9.40. The van der Waals surface area contributed by atoms with Crippen molar-refractivity contribution in [2.24, 2.45) is 5.10 Å². The molecule has 0 bridgehead atoms. The zero-order chi connectivity index (χ0) is 21.8. The molecule has 1 aromatic carbocycles. The summed E-state index contributed by atoms with van der Waals surface area (Å²) in [6.45, 7) is 3.35. The molecule has 1 aliphatic rings. The fourth-order valence-electron chi connectivity index (χ4n) is 3.13. The number of nitrogens with zero attached hydrogens (tertiary/aromatic N) is 3. The van der Waals surface area contributed by atoms with Crippen LogP contribution in [0.5, 0.6) is 5.88 Å². The lowest BCUT2D eigenvalue weighted by molar-refractivity contribution is 0.0532. The molecule has 3 aromatic rings. The van der Waals surface area contributed by atoms with Crippen molar-refractivity contribution in [3.05, 3.63) is 69.5 Å². The van der Waals surface area contributed by atoms with Crippen LogP contribution in [-0.4, -0.2) is 40.1 Å². The maximum atomic E-state index is 13.0. The summed E-state index contributed by atoms with van der Waals surface area (Å²) >= 11 is 1.24. The number of ether oxygens (including phenoxy) is 2. The molecular weight excluding hydrogens is 434 g/mol. The van der Waals surface area contributed by atoms with Crippen LogP contribution < -0.4 is 4.74 Å². The first-order chi connectivity index (χ1) is 15.1. The number of hydrogen-bond donors (Lipinski definition) is 0. The monoisotopic (exact) mass is 455 g/mol. The highest BCUT2D eigenvalue weighted by atomic mass is 32.2. The molecule has 1 atom stereocenters. The fourth-order valence-corrected chi connectivity index (χ4v) is 5.28. The Morgan fingerprint density at radius 1 is 1.23 bits per heavy atom. The van der Waals surface area contributed by atoms with E-state index in [2.05, 4.69) is 10.1 Å². The van der Waals surface area contributed by atoms with Gasteiger partial charge in [-0.05, 0) is 36.2 Å². The van der Waals surface area contributed by atoms with Crippen molar-refractivity contribution in [3.8, 4) is 5.88 Å². The van der Waals surface area contributed by atoms with Gasteiger partial charge in [-0.3, -0.25) is 5.01 Å². The van der Waals surface area contributed by atoms with Gasteiger partial charge in [0.2, 0.25) is 5.88 Å². The van der Waals surface area contributed by atoms with Crippen LogP contribution in [0.3, 0.4) is 0 Å². The van der Waals surface area contributed by atoms with Gasteiger partial charge in [-0.1, -0.05) is 12.1 Å². The SMILES string of the molecule is CCOC(=O)c1cc(S(=O)c2ccc3c(c2)C=NN(Cc2ccc(OC)nc2)C3)cs1. The third-order valence-electron chi connectivity index (χ3n) is 4.68. The van der Waals surface area contributed by atoms with Gasteiger partial charge in [0.15, 0.2) is 0 Å². The first-order valence-electron chi connectivity index (χ1n) is 9.65. The normalized spacial score (nSPS) is 13.5. The van der Waals surface area contributed by atoms with Crippen LogP contribution in [-0.2, 0) is 28.6 Å². The minimum absolute atomic E-state index is 0.311. The van der Waals surface area contributed by atoms with E-state index in [4.69, 9.17) is 9.47 Å². The number of pyridine rings is 1. The molecule has 9 heteroatoms. The maximum absolute atomic E-state index is 13.0. The van der Waals surface area contributed by atoms with E-state index in [0.29, 0.717) is 40.2 Å². The van der Waals surface area contributed by atoms with E-state index in [1.165, 1.54) is 11.3 Å². The molecule has 0 N–H and O–H groups in total. The fraction of sp³-hybridized carbons (Fsp3) is 0.227. The first kappa shape index (κ1) is 21.2. The van der Waals surface area contributed by atoms with Crippen molar-refractivity contribution < 1.29 is 18.5 Å². The smallest absolute Gasteiger partial charge is 0.348 e. The van der Waals surface area contributed by atoms with Crippen LogP contribution in [0, 0.1) is 0 Å². The van der Waals surface area contributed by atoms with Crippen molar-refractivity contribution in [1.82, 2.24) is 9.99 Å². The van der Waals surface area contributed by atoms with E-state index in [1.54, 1.807) is 37.9 Å². The standard InChI is InChI=1S/C22H21N3O4S2/c1-3-29-22(26)20-9-19(14-30-20)31(27)18-6-5-16-13-25(24-11-17(16)8-18)12-15-4-7-21(28-2)23-10-15/h4-11,14H,3,12-13H2,1-2H3. The minimum Gasteiger partial charge on any atom is -0.481 e. The summed E-state index contributed by atoms with van der Waals surface area (Å²) < 4.78 is 23.1. The van der Waals surface area contributed by atoms with Gasteiger partial charge in [-0.25, -0.2) is 14.0 Å². The molecule has 0 saturated carbocycles. The topological polar surface area (TPSA) is 81.1 Å².